The zero-order valence-corrected chi connectivity index (χ0v) is 17.0. The molecule has 2 rings (SSSR count). The topological polar surface area (TPSA) is 102 Å². The Morgan fingerprint density at radius 1 is 1.07 bits per heavy atom. The monoisotopic (exact) mass is 424 g/mol. The highest BCUT2D eigenvalue weighted by atomic mass is 35.5. The zero-order valence-electron chi connectivity index (χ0n) is 15.4. The molecular weight excluding hydrogens is 404 g/mol. The summed E-state index contributed by atoms with van der Waals surface area (Å²) >= 11 is 5.78. The summed E-state index contributed by atoms with van der Waals surface area (Å²) in [6.07, 6.45) is -1.24. The van der Waals surface area contributed by atoms with Crippen molar-refractivity contribution in [3.05, 3.63) is 59.1 Å². The number of esters is 1. The maximum absolute atomic E-state index is 12.1. The second-order valence-corrected chi connectivity index (χ2v) is 8.29. The van der Waals surface area contributed by atoms with Gasteiger partial charge in [0.1, 0.15) is 0 Å². The molecule has 0 heterocycles. The largest absolute Gasteiger partial charge is 0.452 e. The van der Waals surface area contributed by atoms with Gasteiger partial charge in [-0.25, -0.2) is 13.1 Å². The fraction of sp³-hybridized carbons (Fsp3) is 0.263. The lowest BCUT2D eigenvalue weighted by Crippen LogP contribution is -2.32. The van der Waals surface area contributed by atoms with E-state index in [4.69, 9.17) is 16.3 Å². The van der Waals surface area contributed by atoms with Crippen LogP contribution in [-0.4, -0.2) is 32.9 Å². The fourth-order valence-electron chi connectivity index (χ4n) is 2.17. The Balaban J connectivity index is 1.78. The van der Waals surface area contributed by atoms with Crippen LogP contribution < -0.4 is 10.0 Å². The van der Waals surface area contributed by atoms with Gasteiger partial charge in [-0.1, -0.05) is 29.3 Å². The second kappa shape index (κ2) is 9.68. The number of rotatable bonds is 8. The molecule has 0 aliphatic heterocycles. The Hall–Kier alpha value is -2.42. The zero-order chi connectivity index (χ0) is 20.7. The molecule has 0 bridgehead atoms. The van der Waals surface area contributed by atoms with E-state index in [1.54, 1.807) is 36.4 Å². The first kappa shape index (κ1) is 21.9. The summed E-state index contributed by atoms with van der Waals surface area (Å²) < 4.78 is 31.7. The molecule has 0 radical (unpaired) electrons. The Morgan fingerprint density at radius 3 is 2.29 bits per heavy atom. The highest BCUT2D eigenvalue weighted by molar-refractivity contribution is 7.89. The van der Waals surface area contributed by atoms with Gasteiger partial charge >= 0.3 is 5.97 Å². The number of hydrogen-bond donors (Lipinski definition) is 2. The maximum Gasteiger partial charge on any atom is 0.307 e. The molecule has 7 nitrogen and oxygen atoms in total. The van der Waals surface area contributed by atoms with E-state index in [1.165, 1.54) is 19.1 Å². The summed E-state index contributed by atoms with van der Waals surface area (Å²) in [4.78, 5) is 24.0. The van der Waals surface area contributed by atoms with E-state index >= 15 is 0 Å². The molecule has 28 heavy (non-hydrogen) atoms. The third-order valence-electron chi connectivity index (χ3n) is 3.74. The number of carbonyl (C=O) groups excluding carboxylic acids is 2. The van der Waals surface area contributed by atoms with Crippen molar-refractivity contribution in [2.45, 2.75) is 31.3 Å². The van der Waals surface area contributed by atoms with Crippen molar-refractivity contribution in [3.8, 4) is 0 Å². The van der Waals surface area contributed by atoms with Crippen molar-refractivity contribution in [3.63, 3.8) is 0 Å². The van der Waals surface area contributed by atoms with Gasteiger partial charge in [-0.3, -0.25) is 9.59 Å². The smallest absolute Gasteiger partial charge is 0.307 e. The Morgan fingerprint density at radius 2 is 1.68 bits per heavy atom. The van der Waals surface area contributed by atoms with Gasteiger partial charge in [-0.15, -0.1) is 0 Å². The van der Waals surface area contributed by atoms with E-state index in [1.807, 2.05) is 6.92 Å². The molecule has 2 N–H and O–H groups in total. The summed E-state index contributed by atoms with van der Waals surface area (Å²) in [5.41, 5.74) is 1.46. The summed E-state index contributed by atoms with van der Waals surface area (Å²) in [7, 11) is -3.71. The predicted octanol–water partition coefficient (Wildman–Crippen LogP) is 2.89. The minimum atomic E-state index is -3.71. The summed E-state index contributed by atoms with van der Waals surface area (Å²) in [5, 5.41) is 3.13. The van der Waals surface area contributed by atoms with Crippen molar-refractivity contribution in [2.24, 2.45) is 0 Å². The summed E-state index contributed by atoms with van der Waals surface area (Å²) in [6.45, 7) is 3.14. The van der Waals surface area contributed by atoms with Gasteiger partial charge in [0.25, 0.3) is 5.91 Å². The number of aryl methyl sites for hydroxylation is 1. The van der Waals surface area contributed by atoms with Crippen LogP contribution in [0.5, 0.6) is 0 Å². The van der Waals surface area contributed by atoms with E-state index in [0.29, 0.717) is 10.7 Å². The average Bonchev–Trinajstić information content (AvgIpc) is 2.63. The van der Waals surface area contributed by atoms with Gasteiger partial charge in [0.2, 0.25) is 10.0 Å². The molecule has 2 aromatic carbocycles. The van der Waals surface area contributed by atoms with Crippen LogP contribution in [0.25, 0.3) is 0 Å². The normalized spacial score (nSPS) is 12.2. The van der Waals surface area contributed by atoms with Crippen molar-refractivity contribution in [1.29, 1.82) is 0 Å². The lowest BCUT2D eigenvalue weighted by molar-refractivity contribution is -0.152. The van der Waals surface area contributed by atoms with Crippen LogP contribution in [0.1, 0.15) is 18.9 Å². The molecule has 0 aliphatic carbocycles. The number of nitrogens with one attached hydrogen (secondary N) is 2. The molecule has 0 aliphatic rings. The lowest BCUT2D eigenvalue weighted by Gasteiger charge is -2.14. The van der Waals surface area contributed by atoms with Crippen LogP contribution in [0.2, 0.25) is 5.02 Å². The highest BCUT2D eigenvalue weighted by Crippen LogP contribution is 2.14. The Kier molecular flexibility index (Phi) is 7.56. The molecule has 9 heteroatoms. The minimum absolute atomic E-state index is 0.113. The van der Waals surface area contributed by atoms with Gasteiger partial charge in [-0.05, 0) is 50.2 Å². The van der Waals surface area contributed by atoms with Gasteiger partial charge in [0.15, 0.2) is 6.10 Å². The number of sulfonamides is 1. The quantitative estimate of drug-likeness (QED) is 0.634. The van der Waals surface area contributed by atoms with Crippen LogP contribution in [-0.2, 0) is 24.3 Å². The summed E-state index contributed by atoms with van der Waals surface area (Å²) in [6, 6.07) is 12.8. The number of hydrogen-bond acceptors (Lipinski definition) is 5. The third kappa shape index (κ3) is 6.63. The molecule has 0 aromatic heterocycles. The molecule has 0 unspecified atom stereocenters. The molecule has 150 valence electrons. The first-order chi connectivity index (χ1) is 13.2. The van der Waals surface area contributed by atoms with Crippen molar-refractivity contribution < 1.29 is 22.7 Å². The van der Waals surface area contributed by atoms with Crippen LogP contribution in [0.4, 0.5) is 5.69 Å². The van der Waals surface area contributed by atoms with E-state index < -0.39 is 28.0 Å². The van der Waals surface area contributed by atoms with Crippen molar-refractivity contribution in [2.75, 3.05) is 11.9 Å². The van der Waals surface area contributed by atoms with Gasteiger partial charge in [0.05, 0.1) is 11.3 Å². The predicted molar refractivity (Wildman–Crippen MR) is 107 cm³/mol. The number of anilines is 1. The van der Waals surface area contributed by atoms with Crippen molar-refractivity contribution >= 4 is 39.2 Å². The second-order valence-electron chi connectivity index (χ2n) is 6.09. The average molecular weight is 425 g/mol. The molecular formula is C19H21ClN2O5S. The minimum Gasteiger partial charge on any atom is -0.452 e. The molecule has 1 atom stereocenters. The van der Waals surface area contributed by atoms with Crippen molar-refractivity contribution in [1.82, 2.24) is 4.72 Å². The van der Waals surface area contributed by atoms with E-state index in [9.17, 15) is 18.0 Å². The number of ether oxygens (including phenoxy) is 1. The number of halogens is 1. The first-order valence-corrected chi connectivity index (χ1v) is 10.4. The van der Waals surface area contributed by atoms with Gasteiger partial charge in [0, 0.05) is 17.3 Å². The highest BCUT2D eigenvalue weighted by Gasteiger charge is 2.19. The first-order valence-electron chi connectivity index (χ1n) is 8.49. The lowest BCUT2D eigenvalue weighted by atomic mass is 10.2. The Bertz CT molecular complexity index is 928. The molecule has 2 aromatic rings. The van der Waals surface area contributed by atoms with E-state index in [2.05, 4.69) is 10.0 Å². The SMILES string of the molecule is Cc1ccc(S(=O)(=O)NCCC(=O)O[C@H](C)C(=O)Nc2ccc(Cl)cc2)cc1. The molecule has 0 spiro atoms. The van der Waals surface area contributed by atoms with Crippen LogP contribution in [0, 0.1) is 6.92 Å². The van der Waals surface area contributed by atoms with E-state index in [-0.39, 0.29) is 17.9 Å². The molecule has 0 fully saturated rings. The molecule has 1 amide bonds. The number of carbonyl (C=O) groups is 2. The maximum atomic E-state index is 12.1. The van der Waals surface area contributed by atoms with E-state index in [0.717, 1.165) is 5.56 Å². The number of amides is 1. The van der Waals surface area contributed by atoms with Gasteiger partial charge < -0.3 is 10.1 Å². The third-order valence-corrected chi connectivity index (χ3v) is 5.47. The standard InChI is InChI=1S/C19H21ClN2O5S/c1-13-3-9-17(10-4-13)28(25,26)21-12-11-18(23)27-14(2)19(24)22-16-7-5-15(20)6-8-16/h3-10,14,21H,11-12H2,1-2H3,(H,22,24)/t14-/m1/s1. The Labute approximate surface area is 169 Å². The molecule has 0 saturated heterocycles. The summed E-state index contributed by atoms with van der Waals surface area (Å²) in [5.74, 6) is -1.19. The molecule has 0 saturated carbocycles. The van der Waals surface area contributed by atoms with Crippen LogP contribution in [0.15, 0.2) is 53.4 Å². The van der Waals surface area contributed by atoms with Crippen LogP contribution >= 0.6 is 11.6 Å². The fourth-order valence-corrected chi connectivity index (χ4v) is 3.33. The van der Waals surface area contributed by atoms with Gasteiger partial charge in [-0.2, -0.15) is 0 Å². The van der Waals surface area contributed by atoms with Crippen LogP contribution in [0.3, 0.4) is 0 Å². The number of benzene rings is 2.